The van der Waals surface area contributed by atoms with Crippen molar-refractivity contribution in [3.63, 3.8) is 0 Å². The Bertz CT molecular complexity index is 1470. The first kappa shape index (κ1) is 30.1. The Morgan fingerprint density at radius 3 is 1.95 bits per heavy atom. The van der Waals surface area contributed by atoms with Crippen molar-refractivity contribution in [3.05, 3.63) is 52.2 Å². The number of hydrogen-bond donors (Lipinski definition) is 10. The summed E-state index contributed by atoms with van der Waals surface area (Å²) in [6.45, 7) is -1.59. The Balaban J connectivity index is 1.68. The van der Waals surface area contributed by atoms with Crippen LogP contribution in [0.1, 0.15) is 11.7 Å². The minimum absolute atomic E-state index is 0.0197. The highest BCUT2D eigenvalue weighted by Crippen LogP contribution is 2.46. The van der Waals surface area contributed by atoms with Crippen LogP contribution in [0.15, 0.2) is 45.6 Å². The number of ether oxygens (including phenoxy) is 3. The Kier molecular flexibility index (Phi) is 8.41. The Hall–Kier alpha value is -3.35. The Labute approximate surface area is 236 Å². The van der Waals surface area contributed by atoms with Gasteiger partial charge >= 0.3 is 0 Å². The number of rotatable bonds is 6. The topological polar surface area (TPSA) is 260 Å². The Morgan fingerprint density at radius 1 is 0.738 bits per heavy atom. The highest BCUT2D eigenvalue weighted by molar-refractivity contribution is 5.88. The quantitative estimate of drug-likeness (QED) is 0.142. The highest BCUT2D eigenvalue weighted by atomic mass is 16.7. The van der Waals surface area contributed by atoms with E-state index < -0.39 is 102 Å². The molecule has 0 unspecified atom stereocenters. The van der Waals surface area contributed by atoms with Gasteiger partial charge in [0.15, 0.2) is 5.43 Å². The summed E-state index contributed by atoms with van der Waals surface area (Å²) in [7, 11) is 0. The minimum Gasteiger partial charge on any atom is -0.508 e. The molecule has 15 nitrogen and oxygen atoms in total. The first-order chi connectivity index (χ1) is 20.0. The van der Waals surface area contributed by atoms with E-state index in [2.05, 4.69) is 0 Å². The number of benzene rings is 2. The van der Waals surface area contributed by atoms with Gasteiger partial charge in [0.2, 0.25) is 6.29 Å². The zero-order chi connectivity index (χ0) is 30.5. The van der Waals surface area contributed by atoms with Gasteiger partial charge in [0.05, 0.1) is 18.8 Å². The SMILES string of the molecule is O=c1cc(-c2ccc(O)cc2)oc2cc(O[C@H]3O[C@H](CO)[C@@H](O)[C@H](O)[C@H]3O)c([C@H]3O[C@H](CO)[C@@H](O)[C@H](O)[C@H]3O)c(O)c12. The van der Waals surface area contributed by atoms with Gasteiger partial charge in [0.1, 0.15) is 88.9 Å². The predicted molar refractivity (Wildman–Crippen MR) is 138 cm³/mol. The minimum atomic E-state index is -1.94. The average molecular weight is 595 g/mol. The van der Waals surface area contributed by atoms with Crippen LogP contribution in [-0.4, -0.2) is 119 Å². The summed E-state index contributed by atoms with van der Waals surface area (Å²) in [5.41, 5.74) is -1.13. The van der Waals surface area contributed by atoms with Gasteiger partial charge in [-0.05, 0) is 24.3 Å². The van der Waals surface area contributed by atoms with Crippen molar-refractivity contribution in [2.45, 2.75) is 61.2 Å². The van der Waals surface area contributed by atoms with Crippen molar-refractivity contribution >= 4 is 11.0 Å². The number of phenols is 2. The molecule has 10 atom stereocenters. The molecule has 0 radical (unpaired) electrons. The summed E-state index contributed by atoms with van der Waals surface area (Å²) in [4.78, 5) is 13.2. The molecule has 2 aliphatic heterocycles. The van der Waals surface area contributed by atoms with Crippen LogP contribution in [0, 0.1) is 0 Å². The second-order valence-corrected chi connectivity index (χ2v) is 10.1. The molecule has 2 aromatic carbocycles. The summed E-state index contributed by atoms with van der Waals surface area (Å²) < 4.78 is 22.6. The standard InChI is InChI=1S/C27H30O15/c28-7-15-19(32)22(35)24(37)26(40-15)18-14(41-27-25(38)23(36)20(33)16(8-29)42-27)6-13-17(21(18)34)11(31)5-12(39-13)9-1-3-10(30)4-2-9/h1-6,15-16,19-20,22-30,32-38H,7-8H2/t15-,16-,19-,20-,22+,23+,24-,25-,26-,27+/m1/s1. The zero-order valence-electron chi connectivity index (χ0n) is 21.7. The summed E-state index contributed by atoms with van der Waals surface area (Å²) in [5, 5.41) is 102. The molecule has 0 spiro atoms. The average Bonchev–Trinajstić information content (AvgIpc) is 2.97. The van der Waals surface area contributed by atoms with Gasteiger partial charge in [-0.3, -0.25) is 4.79 Å². The van der Waals surface area contributed by atoms with Crippen LogP contribution in [0.4, 0.5) is 0 Å². The molecule has 1 aromatic heterocycles. The molecule has 0 amide bonds. The van der Waals surface area contributed by atoms with Crippen LogP contribution in [0.3, 0.4) is 0 Å². The second kappa shape index (κ2) is 11.7. The normalized spacial score (nSPS) is 33.5. The monoisotopic (exact) mass is 594 g/mol. The van der Waals surface area contributed by atoms with Crippen molar-refractivity contribution in [2.75, 3.05) is 13.2 Å². The molecule has 5 rings (SSSR count). The summed E-state index contributed by atoms with van der Waals surface area (Å²) >= 11 is 0. The van der Waals surface area contributed by atoms with Crippen LogP contribution in [0.2, 0.25) is 0 Å². The number of hydrogen-bond acceptors (Lipinski definition) is 15. The summed E-state index contributed by atoms with van der Waals surface area (Å²) in [6.07, 6.45) is -17.4. The van der Waals surface area contributed by atoms with E-state index >= 15 is 0 Å². The van der Waals surface area contributed by atoms with E-state index in [0.717, 1.165) is 12.1 Å². The third kappa shape index (κ3) is 5.20. The van der Waals surface area contributed by atoms with Crippen LogP contribution in [-0.2, 0) is 9.47 Å². The lowest BCUT2D eigenvalue weighted by Gasteiger charge is -2.42. The molecule has 2 aliphatic rings. The molecule has 42 heavy (non-hydrogen) atoms. The van der Waals surface area contributed by atoms with Gasteiger partial charge < -0.3 is 69.7 Å². The third-order valence-electron chi connectivity index (χ3n) is 7.41. The van der Waals surface area contributed by atoms with Crippen molar-refractivity contribution in [3.8, 4) is 28.6 Å². The molecule has 0 saturated carbocycles. The van der Waals surface area contributed by atoms with Crippen molar-refractivity contribution < 1.29 is 69.7 Å². The lowest BCUT2D eigenvalue weighted by Crippen LogP contribution is -2.60. The zero-order valence-corrected chi connectivity index (χ0v) is 21.7. The van der Waals surface area contributed by atoms with E-state index in [4.69, 9.17) is 18.6 Å². The Morgan fingerprint density at radius 2 is 1.33 bits per heavy atom. The van der Waals surface area contributed by atoms with Gasteiger partial charge in [-0.25, -0.2) is 0 Å². The van der Waals surface area contributed by atoms with Crippen LogP contribution >= 0.6 is 0 Å². The van der Waals surface area contributed by atoms with Gasteiger partial charge in [0, 0.05) is 17.7 Å². The van der Waals surface area contributed by atoms with Crippen molar-refractivity contribution in [1.82, 2.24) is 0 Å². The van der Waals surface area contributed by atoms with Crippen LogP contribution < -0.4 is 10.2 Å². The molecule has 15 heteroatoms. The number of aromatic hydroxyl groups is 2. The maximum absolute atomic E-state index is 13.2. The molecule has 228 valence electrons. The van der Waals surface area contributed by atoms with Crippen LogP contribution in [0.25, 0.3) is 22.3 Å². The fourth-order valence-electron chi connectivity index (χ4n) is 5.07. The lowest BCUT2D eigenvalue weighted by molar-refractivity contribution is -0.278. The maximum Gasteiger partial charge on any atom is 0.229 e. The smallest absolute Gasteiger partial charge is 0.229 e. The van der Waals surface area contributed by atoms with Gasteiger partial charge in [0.25, 0.3) is 0 Å². The summed E-state index contributed by atoms with van der Waals surface area (Å²) in [5.74, 6) is -1.33. The van der Waals surface area contributed by atoms with E-state index in [9.17, 15) is 55.9 Å². The maximum atomic E-state index is 13.2. The van der Waals surface area contributed by atoms with E-state index in [1.54, 1.807) is 0 Å². The largest absolute Gasteiger partial charge is 0.508 e. The van der Waals surface area contributed by atoms with Gasteiger partial charge in [-0.15, -0.1) is 0 Å². The molecule has 2 fully saturated rings. The third-order valence-corrected chi connectivity index (χ3v) is 7.41. The fourth-order valence-corrected chi connectivity index (χ4v) is 5.07. The molecule has 3 heterocycles. The van der Waals surface area contributed by atoms with Crippen molar-refractivity contribution in [1.29, 1.82) is 0 Å². The van der Waals surface area contributed by atoms with E-state index in [-0.39, 0.29) is 17.1 Å². The number of fused-ring (bicyclic) bond motifs is 1. The molecular weight excluding hydrogens is 564 g/mol. The predicted octanol–water partition coefficient (Wildman–Crippen LogP) is -2.44. The summed E-state index contributed by atoms with van der Waals surface area (Å²) in [6, 6.07) is 7.78. The second-order valence-electron chi connectivity index (χ2n) is 10.1. The molecule has 2 saturated heterocycles. The molecule has 10 N–H and O–H groups in total. The molecule has 0 aliphatic carbocycles. The number of aliphatic hydroxyl groups excluding tert-OH is 8. The first-order valence-corrected chi connectivity index (χ1v) is 12.9. The number of phenolic OH excluding ortho intramolecular Hbond substituents is 2. The van der Waals surface area contributed by atoms with E-state index in [1.165, 1.54) is 24.3 Å². The van der Waals surface area contributed by atoms with Crippen molar-refractivity contribution in [2.24, 2.45) is 0 Å². The number of aliphatic hydroxyl groups is 8. The van der Waals surface area contributed by atoms with E-state index in [1.807, 2.05) is 0 Å². The van der Waals surface area contributed by atoms with E-state index in [0.29, 0.717) is 5.56 Å². The fraction of sp³-hybridized carbons (Fsp3) is 0.444. The van der Waals surface area contributed by atoms with Gasteiger partial charge in [-0.1, -0.05) is 0 Å². The lowest BCUT2D eigenvalue weighted by atomic mass is 9.89. The highest BCUT2D eigenvalue weighted by Gasteiger charge is 2.48. The van der Waals surface area contributed by atoms with Crippen LogP contribution in [0.5, 0.6) is 17.2 Å². The van der Waals surface area contributed by atoms with Gasteiger partial charge in [-0.2, -0.15) is 0 Å². The molecule has 0 bridgehead atoms. The molecular formula is C27H30O15. The molecule has 3 aromatic rings. The first-order valence-electron chi connectivity index (χ1n) is 12.9.